The predicted octanol–water partition coefficient (Wildman–Crippen LogP) is -0.991. The van der Waals surface area contributed by atoms with E-state index >= 15 is 0 Å². The Kier molecular flexibility index (Phi) is 1.75. The molecule has 46 valence electrons. The summed E-state index contributed by atoms with van der Waals surface area (Å²) >= 11 is 0.439. The van der Waals surface area contributed by atoms with Gasteiger partial charge in [-0.25, -0.2) is 0 Å². The molecule has 0 aliphatic carbocycles. The van der Waals surface area contributed by atoms with E-state index in [1.54, 1.807) is 0 Å². The van der Waals surface area contributed by atoms with E-state index in [0.717, 1.165) is 6.07 Å². The van der Waals surface area contributed by atoms with Gasteiger partial charge in [0.25, 0.3) is 0 Å². The second-order valence-electron chi connectivity index (χ2n) is 1.44. The second kappa shape index (κ2) is 2.38. The van der Waals surface area contributed by atoms with Crippen LogP contribution in [0.2, 0.25) is 0 Å². The summed E-state index contributed by atoms with van der Waals surface area (Å²) in [6.45, 7) is 0. The molecule has 4 nitrogen and oxygen atoms in total. The first-order chi connectivity index (χ1) is 4.20. The molecule has 1 rings (SSSR count). The minimum atomic E-state index is -0.368. The van der Waals surface area contributed by atoms with Crippen molar-refractivity contribution in [3.63, 3.8) is 0 Å². The first-order valence-corrected chi connectivity index (χ1v) is 3.83. The zero-order valence-electron chi connectivity index (χ0n) is 4.38. The Morgan fingerprint density at radius 1 is 1.78 bits per heavy atom. The molecule has 0 aliphatic rings. The van der Waals surface area contributed by atoms with Gasteiger partial charge in [0.05, 0.1) is 0 Å². The molecule has 0 aromatic carbocycles. The fourth-order valence-electron chi connectivity index (χ4n) is 0.405. The Balaban J connectivity index is 3.12. The third-order valence-electron chi connectivity index (χ3n) is 0.767. The van der Waals surface area contributed by atoms with E-state index in [0.29, 0.717) is 22.5 Å². The van der Waals surface area contributed by atoms with Crippen LogP contribution in [0.1, 0.15) is 10.6 Å². The van der Waals surface area contributed by atoms with E-state index in [4.69, 9.17) is 0 Å². The summed E-state index contributed by atoms with van der Waals surface area (Å²) in [4.78, 5) is 20.8. The van der Waals surface area contributed by atoms with Gasteiger partial charge in [-0.15, -0.1) is 0 Å². The summed E-state index contributed by atoms with van der Waals surface area (Å²) in [5, 5.41) is 2.02. The molecule has 0 spiro atoms. The van der Waals surface area contributed by atoms with E-state index in [9.17, 15) is 9.59 Å². The SMILES string of the molecule is O=[C]([SnH])c1cc(=O)[nH]o1. The predicted molar refractivity (Wildman–Crippen MR) is 30.8 cm³/mol. The fourth-order valence-corrected chi connectivity index (χ4v) is 0.811. The summed E-state index contributed by atoms with van der Waals surface area (Å²) < 4.78 is 4.34. The average Bonchev–Trinajstić information content (AvgIpc) is 2.14. The van der Waals surface area contributed by atoms with Gasteiger partial charge >= 0.3 is 63.0 Å². The Morgan fingerprint density at radius 2 is 2.44 bits per heavy atom. The van der Waals surface area contributed by atoms with Crippen molar-refractivity contribution in [2.45, 2.75) is 0 Å². The van der Waals surface area contributed by atoms with E-state index < -0.39 is 0 Å². The van der Waals surface area contributed by atoms with Crippen LogP contribution in [0.4, 0.5) is 0 Å². The Morgan fingerprint density at radius 3 is 2.67 bits per heavy atom. The van der Waals surface area contributed by atoms with Gasteiger partial charge in [0.1, 0.15) is 0 Å². The topological polar surface area (TPSA) is 63.1 Å². The van der Waals surface area contributed by atoms with Crippen molar-refractivity contribution >= 4 is 26.3 Å². The molecule has 0 saturated carbocycles. The minimum absolute atomic E-state index is 0.126. The maximum atomic E-state index is 10.5. The third-order valence-corrected chi connectivity index (χ3v) is 1.58. The number of hydrogen-bond acceptors (Lipinski definition) is 3. The van der Waals surface area contributed by atoms with Gasteiger partial charge in [-0.2, -0.15) is 0 Å². The normalized spacial score (nSPS) is 9.44. The molecular formula is C4H3NO3Sn. The first-order valence-electron chi connectivity index (χ1n) is 2.18. The second-order valence-corrected chi connectivity index (χ2v) is 2.94. The monoisotopic (exact) mass is 233 g/mol. The Labute approximate surface area is 63.3 Å². The molecule has 0 atom stereocenters. The average molecular weight is 232 g/mol. The van der Waals surface area contributed by atoms with Crippen LogP contribution < -0.4 is 5.56 Å². The van der Waals surface area contributed by atoms with Gasteiger partial charge in [0.2, 0.25) is 0 Å². The van der Waals surface area contributed by atoms with E-state index in [2.05, 4.69) is 4.52 Å². The summed E-state index contributed by atoms with van der Waals surface area (Å²) in [6.07, 6.45) is 0. The third kappa shape index (κ3) is 1.44. The standard InChI is InChI=1S/C4H2NO3.Sn.H/c6-2-3-1-4(7)5-8-3;;/h1H,(H,5,7);;. The van der Waals surface area contributed by atoms with Crippen LogP contribution >= 0.6 is 0 Å². The number of hydrogen-bond donors (Lipinski definition) is 1. The van der Waals surface area contributed by atoms with Crippen LogP contribution in [0, 0.1) is 0 Å². The molecule has 1 heterocycles. The molecule has 1 aromatic heterocycles. The van der Waals surface area contributed by atoms with Crippen molar-refractivity contribution in [2.24, 2.45) is 0 Å². The molecule has 0 amide bonds. The number of nitrogens with one attached hydrogen (secondary N) is 1. The van der Waals surface area contributed by atoms with Crippen LogP contribution in [0.5, 0.6) is 0 Å². The van der Waals surface area contributed by atoms with Gasteiger partial charge in [0.15, 0.2) is 0 Å². The number of carbonyl (C=O) groups excluding carboxylic acids is 1. The van der Waals surface area contributed by atoms with Crippen molar-refractivity contribution in [3.05, 3.63) is 22.2 Å². The molecule has 5 heteroatoms. The number of H-pyrrole nitrogens is 1. The van der Waals surface area contributed by atoms with Crippen LogP contribution in [-0.2, 0) is 0 Å². The van der Waals surface area contributed by atoms with Gasteiger partial charge in [-0.1, -0.05) is 0 Å². The van der Waals surface area contributed by atoms with Crippen LogP contribution in [0.15, 0.2) is 15.4 Å². The number of rotatable bonds is 1. The van der Waals surface area contributed by atoms with E-state index in [1.807, 2.05) is 5.16 Å². The summed E-state index contributed by atoms with van der Waals surface area (Å²) in [6, 6.07) is 1.15. The number of aromatic nitrogens is 1. The fraction of sp³-hybridized carbons (Fsp3) is 0. The summed E-state index contributed by atoms with van der Waals surface area (Å²) in [5.41, 5.74) is -0.368. The molecule has 2 radical (unpaired) electrons. The molecule has 9 heavy (non-hydrogen) atoms. The van der Waals surface area contributed by atoms with Crippen molar-refractivity contribution in [1.82, 2.24) is 5.16 Å². The van der Waals surface area contributed by atoms with Crippen molar-refractivity contribution in [1.29, 1.82) is 0 Å². The first kappa shape index (κ1) is 6.60. The molecule has 0 unspecified atom stereocenters. The van der Waals surface area contributed by atoms with Crippen LogP contribution in [0.3, 0.4) is 0 Å². The zero-order chi connectivity index (χ0) is 6.85. The molecule has 1 N–H and O–H groups in total. The number of carbonyl (C=O) groups is 1. The molecule has 0 saturated heterocycles. The van der Waals surface area contributed by atoms with Gasteiger partial charge in [-0.3, -0.25) is 0 Å². The van der Waals surface area contributed by atoms with Crippen molar-refractivity contribution in [3.8, 4) is 0 Å². The Hall–Kier alpha value is -0.521. The van der Waals surface area contributed by atoms with Crippen molar-refractivity contribution < 1.29 is 9.32 Å². The van der Waals surface area contributed by atoms with Crippen LogP contribution in [0.25, 0.3) is 0 Å². The molecule has 1 aromatic rings. The quantitative estimate of drug-likeness (QED) is 0.632. The van der Waals surface area contributed by atoms with E-state index in [-0.39, 0.29) is 15.1 Å². The maximum absolute atomic E-state index is 10.5. The molecular weight excluding hydrogens is 229 g/mol. The van der Waals surface area contributed by atoms with Gasteiger partial charge < -0.3 is 0 Å². The van der Waals surface area contributed by atoms with Crippen molar-refractivity contribution in [2.75, 3.05) is 0 Å². The van der Waals surface area contributed by atoms with E-state index in [1.165, 1.54) is 0 Å². The number of aromatic amines is 1. The summed E-state index contributed by atoms with van der Waals surface area (Å²) in [5.74, 6) is 0.127. The zero-order valence-corrected chi connectivity index (χ0v) is 7.68. The molecule has 0 fully saturated rings. The van der Waals surface area contributed by atoms with Gasteiger partial charge in [-0.05, 0) is 0 Å². The Bertz CT molecular complexity index is 273. The van der Waals surface area contributed by atoms with Gasteiger partial charge in [0, 0.05) is 0 Å². The summed E-state index contributed by atoms with van der Waals surface area (Å²) in [7, 11) is 0. The molecule has 0 bridgehead atoms. The van der Waals surface area contributed by atoms with Crippen LogP contribution in [-0.4, -0.2) is 31.5 Å². The molecule has 0 aliphatic heterocycles.